The summed E-state index contributed by atoms with van der Waals surface area (Å²) in [5.74, 6) is 0.903. The average molecular weight is 394 g/mol. The molecule has 1 aliphatic heterocycles. The molecule has 0 aromatic heterocycles. The zero-order valence-corrected chi connectivity index (χ0v) is 17.9. The minimum absolute atomic E-state index is 0.0346. The molecule has 0 bridgehead atoms. The minimum Gasteiger partial charge on any atom is -0.481 e. The minimum atomic E-state index is -0.537. The Labute approximate surface area is 173 Å². The van der Waals surface area contributed by atoms with Crippen molar-refractivity contribution in [3.8, 4) is 5.75 Å². The largest absolute Gasteiger partial charge is 0.481 e. The number of Topliss-reactive ketones (excluding diaryl/α,β-unsaturated/α-hetero) is 1. The van der Waals surface area contributed by atoms with Gasteiger partial charge in [0.1, 0.15) is 11.5 Å². The predicted octanol–water partition coefficient (Wildman–Crippen LogP) is 4.96. The van der Waals surface area contributed by atoms with Gasteiger partial charge in [-0.1, -0.05) is 41.5 Å². The topological polar surface area (TPSA) is 46.6 Å². The first kappa shape index (κ1) is 21.1. The molecule has 2 unspecified atom stereocenters. The lowest BCUT2D eigenvalue weighted by molar-refractivity contribution is -0.139. The van der Waals surface area contributed by atoms with E-state index in [1.54, 1.807) is 6.92 Å². The number of ketones is 1. The van der Waals surface area contributed by atoms with Crippen molar-refractivity contribution in [1.82, 2.24) is 4.90 Å². The average Bonchev–Trinajstić information content (AvgIpc) is 3.16. The Kier molecular flexibility index (Phi) is 6.73. The monoisotopic (exact) mass is 393 g/mol. The number of aryl methyl sites for hydroxylation is 3. The molecule has 1 fully saturated rings. The Morgan fingerprint density at radius 1 is 1.10 bits per heavy atom. The quantitative estimate of drug-likeness (QED) is 0.668. The van der Waals surface area contributed by atoms with Crippen LogP contribution in [0.5, 0.6) is 5.75 Å². The lowest BCUT2D eigenvalue weighted by Crippen LogP contribution is -2.40. The van der Waals surface area contributed by atoms with Gasteiger partial charge < -0.3 is 14.4 Å². The second-order valence-electron chi connectivity index (χ2n) is 8.22. The Hall–Kier alpha value is -2.62. The molecule has 0 radical (unpaired) electrons. The van der Waals surface area contributed by atoms with E-state index in [0.717, 1.165) is 31.4 Å². The van der Waals surface area contributed by atoms with Crippen LogP contribution in [0.3, 0.4) is 0 Å². The molecular formula is C25H31NO3. The van der Waals surface area contributed by atoms with Gasteiger partial charge in [0, 0.05) is 13.0 Å². The van der Waals surface area contributed by atoms with Crippen LogP contribution >= 0.6 is 0 Å². The van der Waals surface area contributed by atoms with Crippen LogP contribution in [0.2, 0.25) is 0 Å². The molecule has 4 heteroatoms. The molecular weight excluding hydrogens is 362 g/mol. The highest BCUT2D eigenvalue weighted by Crippen LogP contribution is 2.33. The number of benzene rings is 2. The van der Waals surface area contributed by atoms with Gasteiger partial charge in [0.15, 0.2) is 6.10 Å². The molecule has 29 heavy (non-hydrogen) atoms. The van der Waals surface area contributed by atoms with E-state index in [0.29, 0.717) is 12.2 Å². The molecule has 2 atom stereocenters. The number of ether oxygens (including phenoxy) is 1. The molecule has 1 amide bonds. The number of likely N-dealkylation sites (tertiary alicyclic amines) is 1. The van der Waals surface area contributed by atoms with Gasteiger partial charge in [0.25, 0.3) is 5.91 Å². The zero-order valence-electron chi connectivity index (χ0n) is 17.9. The van der Waals surface area contributed by atoms with E-state index in [1.165, 1.54) is 16.7 Å². The van der Waals surface area contributed by atoms with Crippen LogP contribution in [0.4, 0.5) is 0 Å². The van der Waals surface area contributed by atoms with Crippen molar-refractivity contribution in [1.29, 1.82) is 0 Å². The lowest BCUT2D eigenvalue weighted by Gasteiger charge is -2.28. The van der Waals surface area contributed by atoms with Gasteiger partial charge in [-0.15, -0.1) is 0 Å². The highest BCUT2D eigenvalue weighted by molar-refractivity contribution is 5.81. The normalized spacial score (nSPS) is 17.2. The first-order chi connectivity index (χ1) is 13.8. The second-order valence-corrected chi connectivity index (χ2v) is 8.22. The molecule has 2 aromatic carbocycles. The summed E-state index contributed by atoms with van der Waals surface area (Å²) >= 11 is 0. The highest BCUT2D eigenvalue weighted by atomic mass is 16.5. The first-order valence-corrected chi connectivity index (χ1v) is 10.5. The highest BCUT2D eigenvalue weighted by Gasteiger charge is 2.33. The standard InChI is InChI=1S/C25H31NO3/c1-17-14-18(2)16-22(15-17)24-6-5-13-26(24)25(28)20(4)29-23-11-9-21(10-12-23)8-7-19(3)27/h9-12,14-16,20,24H,5-8,13H2,1-4H3. The Bertz CT molecular complexity index is 852. The number of hydrogen-bond donors (Lipinski definition) is 0. The number of carbonyl (C=O) groups excluding carboxylic acids is 2. The van der Waals surface area contributed by atoms with Gasteiger partial charge in [0.2, 0.25) is 0 Å². The van der Waals surface area contributed by atoms with E-state index in [1.807, 2.05) is 36.1 Å². The van der Waals surface area contributed by atoms with Crippen LogP contribution < -0.4 is 4.74 Å². The van der Waals surface area contributed by atoms with Gasteiger partial charge in [-0.05, 0) is 70.2 Å². The molecule has 0 aliphatic carbocycles. The van der Waals surface area contributed by atoms with Gasteiger partial charge in [-0.2, -0.15) is 0 Å². The van der Waals surface area contributed by atoms with E-state index in [-0.39, 0.29) is 17.7 Å². The van der Waals surface area contributed by atoms with E-state index < -0.39 is 6.10 Å². The fraction of sp³-hybridized carbons (Fsp3) is 0.440. The third-order valence-electron chi connectivity index (χ3n) is 5.51. The fourth-order valence-corrected chi connectivity index (χ4v) is 4.12. The Morgan fingerprint density at radius 2 is 1.76 bits per heavy atom. The maximum Gasteiger partial charge on any atom is 0.263 e. The molecule has 1 saturated heterocycles. The Balaban J connectivity index is 1.65. The summed E-state index contributed by atoms with van der Waals surface area (Å²) in [6.45, 7) is 8.40. The molecule has 2 aromatic rings. The van der Waals surface area contributed by atoms with Crippen molar-refractivity contribution in [3.05, 3.63) is 64.7 Å². The number of amides is 1. The van der Waals surface area contributed by atoms with E-state index >= 15 is 0 Å². The summed E-state index contributed by atoms with van der Waals surface area (Å²) in [5.41, 5.74) is 4.78. The molecule has 154 valence electrons. The number of nitrogens with zero attached hydrogens (tertiary/aromatic N) is 1. The molecule has 1 aliphatic rings. The van der Waals surface area contributed by atoms with Gasteiger partial charge in [-0.3, -0.25) is 4.79 Å². The number of carbonyl (C=O) groups is 2. The van der Waals surface area contributed by atoms with Crippen molar-refractivity contribution in [2.45, 2.75) is 65.5 Å². The van der Waals surface area contributed by atoms with Crippen LogP contribution in [0.15, 0.2) is 42.5 Å². The first-order valence-electron chi connectivity index (χ1n) is 10.5. The summed E-state index contributed by atoms with van der Waals surface area (Å²) in [6, 6.07) is 14.4. The number of rotatable bonds is 7. The van der Waals surface area contributed by atoms with E-state index in [9.17, 15) is 9.59 Å². The molecule has 3 rings (SSSR count). The predicted molar refractivity (Wildman–Crippen MR) is 115 cm³/mol. The summed E-state index contributed by atoms with van der Waals surface area (Å²) in [7, 11) is 0. The second kappa shape index (κ2) is 9.25. The summed E-state index contributed by atoms with van der Waals surface area (Å²) in [6.07, 6.45) is 2.75. The van der Waals surface area contributed by atoms with Crippen molar-refractivity contribution in [2.75, 3.05) is 6.54 Å². The van der Waals surface area contributed by atoms with Crippen LogP contribution in [0.1, 0.15) is 61.4 Å². The van der Waals surface area contributed by atoms with E-state index in [4.69, 9.17) is 4.74 Å². The molecule has 4 nitrogen and oxygen atoms in total. The van der Waals surface area contributed by atoms with Crippen LogP contribution in [0.25, 0.3) is 0 Å². The summed E-state index contributed by atoms with van der Waals surface area (Å²) in [5, 5.41) is 0. The third-order valence-corrected chi connectivity index (χ3v) is 5.51. The maximum atomic E-state index is 13.1. The van der Waals surface area contributed by atoms with Crippen LogP contribution in [-0.2, 0) is 16.0 Å². The van der Waals surface area contributed by atoms with Gasteiger partial charge >= 0.3 is 0 Å². The zero-order chi connectivity index (χ0) is 21.0. The van der Waals surface area contributed by atoms with E-state index in [2.05, 4.69) is 32.0 Å². The fourth-order valence-electron chi connectivity index (χ4n) is 4.12. The number of hydrogen-bond acceptors (Lipinski definition) is 3. The molecule has 0 N–H and O–H groups in total. The van der Waals surface area contributed by atoms with Gasteiger partial charge in [0.05, 0.1) is 6.04 Å². The van der Waals surface area contributed by atoms with Crippen LogP contribution in [-0.4, -0.2) is 29.2 Å². The maximum absolute atomic E-state index is 13.1. The Morgan fingerprint density at radius 3 is 2.38 bits per heavy atom. The van der Waals surface area contributed by atoms with Crippen molar-refractivity contribution in [2.24, 2.45) is 0 Å². The third kappa shape index (κ3) is 5.47. The summed E-state index contributed by atoms with van der Waals surface area (Å²) < 4.78 is 5.94. The van der Waals surface area contributed by atoms with Crippen molar-refractivity contribution < 1.29 is 14.3 Å². The van der Waals surface area contributed by atoms with Crippen LogP contribution in [0, 0.1) is 13.8 Å². The molecule has 0 saturated carbocycles. The van der Waals surface area contributed by atoms with Crippen molar-refractivity contribution in [3.63, 3.8) is 0 Å². The summed E-state index contributed by atoms with van der Waals surface area (Å²) in [4.78, 5) is 26.2. The van der Waals surface area contributed by atoms with Gasteiger partial charge in [-0.25, -0.2) is 0 Å². The van der Waals surface area contributed by atoms with Crippen molar-refractivity contribution >= 4 is 11.7 Å². The smallest absolute Gasteiger partial charge is 0.263 e. The molecule has 1 heterocycles. The SMILES string of the molecule is CC(=O)CCc1ccc(OC(C)C(=O)N2CCCC2c2cc(C)cc(C)c2)cc1. The lowest BCUT2D eigenvalue weighted by atomic mass is 9.99. The molecule has 0 spiro atoms.